The predicted octanol–water partition coefficient (Wildman–Crippen LogP) is 0.727. The number of rotatable bonds is 5. The number of aliphatic hydroxyl groups excluding tert-OH is 3. The highest BCUT2D eigenvalue weighted by Crippen LogP contribution is 2.45. The van der Waals surface area contributed by atoms with E-state index in [2.05, 4.69) is 58.8 Å². The lowest BCUT2D eigenvalue weighted by Crippen LogP contribution is -2.47. The molecule has 0 amide bonds. The van der Waals surface area contributed by atoms with Gasteiger partial charge in [0.1, 0.15) is 0 Å². The van der Waals surface area contributed by atoms with Gasteiger partial charge in [-0.1, -0.05) is 12.1 Å². The molecule has 2 saturated heterocycles. The van der Waals surface area contributed by atoms with Crippen LogP contribution in [0.4, 0.5) is 0 Å². The van der Waals surface area contributed by atoms with Crippen molar-refractivity contribution in [3.05, 3.63) is 33.4 Å². The smallest absolute Gasteiger partial charge is 0.335 e. The third-order valence-electron chi connectivity index (χ3n) is 5.75. The Kier molecular flexibility index (Phi) is 8.19. The van der Waals surface area contributed by atoms with E-state index in [9.17, 15) is 14.7 Å². The highest BCUT2D eigenvalue weighted by molar-refractivity contribution is 14.1. The van der Waals surface area contributed by atoms with Crippen LogP contribution in [0.3, 0.4) is 0 Å². The number of aliphatic hydroxyl groups is 3. The highest BCUT2D eigenvalue weighted by atomic mass is 127. The second kappa shape index (κ2) is 9.97. The van der Waals surface area contributed by atoms with E-state index in [1.54, 1.807) is 0 Å². The molecule has 0 radical (unpaired) electrons. The van der Waals surface area contributed by atoms with Crippen LogP contribution in [-0.2, 0) is 9.59 Å². The second-order valence-electron chi connectivity index (χ2n) is 7.27. The number of piperidine rings is 1. The van der Waals surface area contributed by atoms with Gasteiger partial charge in [-0.15, -0.1) is 0 Å². The summed E-state index contributed by atoms with van der Waals surface area (Å²) in [6.07, 6.45) is -0.764. The quantitative estimate of drug-likeness (QED) is 0.368. The van der Waals surface area contributed by atoms with Crippen LogP contribution in [0.2, 0.25) is 0 Å². The Morgan fingerprint density at radius 1 is 1.11 bits per heavy atom. The molecule has 28 heavy (non-hydrogen) atoms. The molecule has 0 aromatic heterocycles. The van der Waals surface area contributed by atoms with Crippen molar-refractivity contribution in [2.75, 3.05) is 13.7 Å². The molecule has 2 aliphatic rings. The first-order valence-electron chi connectivity index (χ1n) is 9.07. The number of fused-ring (bicyclic) bond motifs is 2. The molecular formula is C19H26INO7. The van der Waals surface area contributed by atoms with Gasteiger partial charge in [-0.3, -0.25) is 0 Å². The van der Waals surface area contributed by atoms with Crippen LogP contribution in [-0.4, -0.2) is 80.3 Å². The summed E-state index contributed by atoms with van der Waals surface area (Å²) < 4.78 is 1.28. The van der Waals surface area contributed by atoms with Crippen LogP contribution in [0.1, 0.15) is 30.7 Å². The fraction of sp³-hybridized carbons (Fsp3) is 0.579. The molecule has 0 aliphatic carbocycles. The van der Waals surface area contributed by atoms with E-state index in [-0.39, 0.29) is 0 Å². The van der Waals surface area contributed by atoms with E-state index in [4.69, 9.17) is 20.4 Å². The molecule has 5 N–H and O–H groups in total. The fourth-order valence-electron chi connectivity index (χ4n) is 4.19. The Morgan fingerprint density at radius 3 is 2.11 bits per heavy atom. The zero-order valence-corrected chi connectivity index (χ0v) is 17.6. The Balaban J connectivity index is 0.000000242. The number of nitrogens with zero attached hydrogens (tertiary/aromatic N) is 1. The number of hydrogen-bond donors (Lipinski definition) is 5. The fourth-order valence-corrected chi connectivity index (χ4v) is 4.55. The van der Waals surface area contributed by atoms with Crippen molar-refractivity contribution in [3.8, 4) is 0 Å². The number of halogens is 1. The number of carboxylic acid groups (broad SMARTS) is 2. The summed E-state index contributed by atoms with van der Waals surface area (Å²) in [5.41, 5.74) is 1.42. The van der Waals surface area contributed by atoms with E-state index < -0.39 is 24.1 Å². The van der Waals surface area contributed by atoms with Gasteiger partial charge in [0.05, 0.1) is 0 Å². The number of aliphatic carboxylic acids is 2. The molecule has 1 aromatic carbocycles. The standard InChI is InChI=1S/C15H20INO.C4H6O6/c1-17-12-6-7-15(17)14(9-18)13(8-12)10-2-4-11(16)5-3-10;5-1(3(7)8)2(6)4(9)10/h2-5,12-15,18H,6-9H2,1H3;1-2,5-6H,(H,7,8)(H,9,10)/t12?,13-,14+,15?;/m1./s1. The Hall–Kier alpha value is -1.27. The largest absolute Gasteiger partial charge is 0.479 e. The van der Waals surface area contributed by atoms with E-state index >= 15 is 0 Å². The molecular weight excluding hydrogens is 481 g/mol. The van der Waals surface area contributed by atoms with Crippen molar-refractivity contribution in [2.24, 2.45) is 5.92 Å². The van der Waals surface area contributed by atoms with Crippen molar-refractivity contribution < 1.29 is 35.1 Å². The van der Waals surface area contributed by atoms with Crippen LogP contribution in [0, 0.1) is 9.49 Å². The first-order chi connectivity index (χ1) is 13.2. The Morgan fingerprint density at radius 2 is 1.64 bits per heavy atom. The van der Waals surface area contributed by atoms with Crippen LogP contribution in [0.15, 0.2) is 24.3 Å². The lowest BCUT2D eigenvalue weighted by atomic mass is 9.76. The van der Waals surface area contributed by atoms with E-state index in [0.29, 0.717) is 24.5 Å². The van der Waals surface area contributed by atoms with Crippen LogP contribution in [0.5, 0.6) is 0 Å². The molecule has 2 fully saturated rings. The minimum absolute atomic E-state index is 0.318. The second-order valence-corrected chi connectivity index (χ2v) is 8.52. The Bertz CT molecular complexity index is 665. The number of carbonyl (C=O) groups is 2. The summed E-state index contributed by atoms with van der Waals surface area (Å²) in [5, 5.41) is 42.3. The number of carboxylic acids is 2. The maximum Gasteiger partial charge on any atom is 0.335 e. The molecule has 2 heterocycles. The number of benzene rings is 1. The van der Waals surface area contributed by atoms with Gasteiger partial charge < -0.3 is 30.4 Å². The summed E-state index contributed by atoms with van der Waals surface area (Å²) in [5.74, 6) is -2.58. The zero-order valence-electron chi connectivity index (χ0n) is 15.5. The van der Waals surface area contributed by atoms with Crippen LogP contribution < -0.4 is 0 Å². The lowest BCUT2D eigenvalue weighted by Gasteiger charge is -2.42. The highest BCUT2D eigenvalue weighted by Gasteiger charge is 2.45. The van der Waals surface area contributed by atoms with Crippen LogP contribution in [0.25, 0.3) is 0 Å². The van der Waals surface area contributed by atoms with Gasteiger partial charge in [0.25, 0.3) is 0 Å². The maximum atomic E-state index is 9.79. The van der Waals surface area contributed by atoms with Gasteiger partial charge in [-0.05, 0) is 72.5 Å². The predicted molar refractivity (Wildman–Crippen MR) is 109 cm³/mol. The van der Waals surface area contributed by atoms with Crippen molar-refractivity contribution >= 4 is 34.5 Å². The summed E-state index contributed by atoms with van der Waals surface area (Å²) >= 11 is 2.35. The van der Waals surface area contributed by atoms with Crippen molar-refractivity contribution in [1.29, 1.82) is 0 Å². The minimum Gasteiger partial charge on any atom is -0.479 e. The van der Waals surface area contributed by atoms with Gasteiger partial charge in [-0.25, -0.2) is 9.59 Å². The van der Waals surface area contributed by atoms with Crippen molar-refractivity contribution in [2.45, 2.75) is 49.5 Å². The van der Waals surface area contributed by atoms with E-state index in [0.717, 1.165) is 6.04 Å². The van der Waals surface area contributed by atoms with Gasteiger partial charge in [0.2, 0.25) is 0 Å². The molecule has 2 bridgehead atoms. The summed E-state index contributed by atoms with van der Waals surface area (Å²) in [6.45, 7) is 0.318. The molecule has 4 unspecified atom stereocenters. The molecule has 3 rings (SSSR count). The maximum absolute atomic E-state index is 9.79. The van der Waals surface area contributed by atoms with Gasteiger partial charge >= 0.3 is 11.9 Å². The van der Waals surface area contributed by atoms with Gasteiger partial charge in [0.15, 0.2) is 12.2 Å². The number of hydrogen-bond acceptors (Lipinski definition) is 6. The summed E-state index contributed by atoms with van der Waals surface area (Å²) in [7, 11) is 2.23. The zero-order chi connectivity index (χ0) is 21.0. The van der Waals surface area contributed by atoms with Crippen molar-refractivity contribution in [1.82, 2.24) is 4.90 Å². The summed E-state index contributed by atoms with van der Waals surface area (Å²) in [4.78, 5) is 22.0. The van der Waals surface area contributed by atoms with E-state index in [1.807, 2.05) is 0 Å². The monoisotopic (exact) mass is 507 g/mol. The average molecular weight is 507 g/mol. The average Bonchev–Trinajstić information content (AvgIpc) is 2.90. The molecule has 0 saturated carbocycles. The SMILES string of the molecule is CN1C2CCC1[C@@H](CO)[C@@H](c1ccc(I)cc1)C2.O=C(O)C(O)C(O)C(=O)O. The molecule has 2 aliphatic heterocycles. The minimum atomic E-state index is -2.27. The third-order valence-corrected chi connectivity index (χ3v) is 6.47. The third kappa shape index (κ3) is 5.20. The molecule has 156 valence electrons. The van der Waals surface area contributed by atoms with Gasteiger partial charge in [0, 0.05) is 28.2 Å². The van der Waals surface area contributed by atoms with Crippen LogP contribution >= 0.6 is 22.6 Å². The van der Waals surface area contributed by atoms with Crippen molar-refractivity contribution in [3.63, 3.8) is 0 Å². The molecule has 0 spiro atoms. The summed E-state index contributed by atoms with van der Waals surface area (Å²) in [6, 6.07) is 10.2. The molecule has 6 atom stereocenters. The normalized spacial score (nSPS) is 28.8. The van der Waals surface area contributed by atoms with E-state index in [1.165, 1.54) is 28.4 Å². The first-order valence-corrected chi connectivity index (χ1v) is 10.1. The molecule has 1 aromatic rings. The van der Waals surface area contributed by atoms with Gasteiger partial charge in [-0.2, -0.15) is 0 Å². The molecule has 9 heteroatoms. The Labute approximate surface area is 176 Å². The molecule has 8 nitrogen and oxygen atoms in total. The lowest BCUT2D eigenvalue weighted by molar-refractivity contribution is -0.165. The topological polar surface area (TPSA) is 139 Å². The first kappa shape index (κ1) is 23.0.